The van der Waals surface area contributed by atoms with Gasteiger partial charge in [0.25, 0.3) is 0 Å². The van der Waals surface area contributed by atoms with Gasteiger partial charge >= 0.3 is 0 Å². The van der Waals surface area contributed by atoms with E-state index in [0.717, 1.165) is 31.0 Å². The summed E-state index contributed by atoms with van der Waals surface area (Å²) in [6.07, 6.45) is 2.87. The normalized spacial score (nSPS) is 19.6. The molecule has 1 aliphatic rings. The van der Waals surface area contributed by atoms with Gasteiger partial charge in [0.1, 0.15) is 5.75 Å². The first-order chi connectivity index (χ1) is 8.25. The minimum atomic E-state index is 0.195. The van der Waals surface area contributed by atoms with Gasteiger partial charge in [-0.1, -0.05) is 12.1 Å². The minimum absolute atomic E-state index is 0.195. The van der Waals surface area contributed by atoms with Crippen LogP contribution in [-0.2, 0) is 4.74 Å². The Hall–Kier alpha value is -1.22. The third-order valence-corrected chi connectivity index (χ3v) is 2.79. The van der Waals surface area contributed by atoms with Gasteiger partial charge < -0.3 is 14.8 Å². The van der Waals surface area contributed by atoms with Crippen LogP contribution in [0.1, 0.15) is 26.7 Å². The van der Waals surface area contributed by atoms with Gasteiger partial charge in [0, 0.05) is 13.2 Å². The Kier molecular flexibility index (Phi) is 4.26. The molecule has 17 heavy (non-hydrogen) atoms. The molecular weight excluding hydrogens is 214 g/mol. The van der Waals surface area contributed by atoms with Crippen LogP contribution < -0.4 is 10.1 Å². The van der Waals surface area contributed by atoms with E-state index in [-0.39, 0.29) is 6.10 Å². The second-order valence-electron chi connectivity index (χ2n) is 4.68. The number of rotatable bonds is 5. The molecule has 1 heterocycles. The summed E-state index contributed by atoms with van der Waals surface area (Å²) in [5.41, 5.74) is 1.05. The van der Waals surface area contributed by atoms with E-state index in [9.17, 15) is 0 Å². The second kappa shape index (κ2) is 5.92. The number of nitrogens with one attached hydrogen (secondary N) is 1. The summed E-state index contributed by atoms with van der Waals surface area (Å²) >= 11 is 0. The highest BCUT2D eigenvalue weighted by Gasteiger charge is 2.15. The molecule has 0 bridgehead atoms. The van der Waals surface area contributed by atoms with Crippen LogP contribution in [0.15, 0.2) is 24.3 Å². The van der Waals surface area contributed by atoms with Crippen molar-refractivity contribution in [2.24, 2.45) is 0 Å². The standard InChI is InChI=1S/C14H21NO2/c1-11(2)17-14-8-4-3-7-13(14)15-10-12-6-5-9-16-12/h3-4,7-8,11-12,15H,5-6,9-10H2,1-2H3. The molecule has 0 amide bonds. The molecule has 1 aromatic rings. The predicted molar refractivity (Wildman–Crippen MR) is 69.7 cm³/mol. The quantitative estimate of drug-likeness (QED) is 0.850. The Morgan fingerprint density at radius 1 is 1.41 bits per heavy atom. The molecule has 2 rings (SSSR count). The van der Waals surface area contributed by atoms with Crippen LogP contribution in [0.5, 0.6) is 5.75 Å². The molecule has 0 aliphatic carbocycles. The van der Waals surface area contributed by atoms with Gasteiger partial charge in [0.15, 0.2) is 0 Å². The Morgan fingerprint density at radius 2 is 2.24 bits per heavy atom. The first-order valence-electron chi connectivity index (χ1n) is 6.37. The van der Waals surface area contributed by atoms with Crippen molar-refractivity contribution in [2.75, 3.05) is 18.5 Å². The van der Waals surface area contributed by atoms with Crippen molar-refractivity contribution in [1.82, 2.24) is 0 Å². The lowest BCUT2D eigenvalue weighted by Crippen LogP contribution is -2.19. The average Bonchev–Trinajstić information content (AvgIpc) is 2.80. The average molecular weight is 235 g/mol. The van der Waals surface area contributed by atoms with E-state index in [1.54, 1.807) is 0 Å². The number of anilines is 1. The number of hydrogen-bond donors (Lipinski definition) is 1. The van der Waals surface area contributed by atoms with E-state index in [1.807, 2.05) is 38.1 Å². The molecule has 1 aliphatic heterocycles. The summed E-state index contributed by atoms with van der Waals surface area (Å²) in [6.45, 7) is 5.84. The van der Waals surface area contributed by atoms with Crippen LogP contribution in [0.2, 0.25) is 0 Å². The third-order valence-electron chi connectivity index (χ3n) is 2.79. The van der Waals surface area contributed by atoms with Gasteiger partial charge in [-0.15, -0.1) is 0 Å². The van der Waals surface area contributed by atoms with Gasteiger partial charge in [0.05, 0.1) is 17.9 Å². The zero-order chi connectivity index (χ0) is 12.1. The number of para-hydroxylation sites is 2. The van der Waals surface area contributed by atoms with Crippen molar-refractivity contribution in [2.45, 2.75) is 38.9 Å². The smallest absolute Gasteiger partial charge is 0.142 e. The van der Waals surface area contributed by atoms with E-state index >= 15 is 0 Å². The van der Waals surface area contributed by atoms with Crippen molar-refractivity contribution in [3.8, 4) is 5.75 Å². The van der Waals surface area contributed by atoms with E-state index < -0.39 is 0 Å². The summed E-state index contributed by atoms with van der Waals surface area (Å²) in [5.74, 6) is 0.917. The zero-order valence-electron chi connectivity index (χ0n) is 10.6. The molecule has 1 unspecified atom stereocenters. The Labute approximate surface area is 103 Å². The highest BCUT2D eigenvalue weighted by Crippen LogP contribution is 2.25. The van der Waals surface area contributed by atoms with Crippen LogP contribution in [-0.4, -0.2) is 25.4 Å². The van der Waals surface area contributed by atoms with Gasteiger partial charge in [-0.3, -0.25) is 0 Å². The third kappa shape index (κ3) is 3.63. The molecule has 3 nitrogen and oxygen atoms in total. The Morgan fingerprint density at radius 3 is 2.94 bits per heavy atom. The lowest BCUT2D eigenvalue weighted by Gasteiger charge is -2.17. The van der Waals surface area contributed by atoms with Crippen molar-refractivity contribution in [1.29, 1.82) is 0 Å². The fraction of sp³-hybridized carbons (Fsp3) is 0.571. The molecule has 1 saturated heterocycles. The van der Waals surface area contributed by atoms with E-state index in [0.29, 0.717) is 6.10 Å². The Balaban J connectivity index is 1.94. The van der Waals surface area contributed by atoms with Gasteiger partial charge in [-0.2, -0.15) is 0 Å². The van der Waals surface area contributed by atoms with E-state index in [2.05, 4.69) is 5.32 Å². The summed E-state index contributed by atoms with van der Waals surface area (Å²) in [7, 11) is 0. The number of ether oxygens (including phenoxy) is 2. The molecule has 0 aromatic heterocycles. The molecular formula is C14H21NO2. The fourth-order valence-electron chi connectivity index (χ4n) is 2.00. The summed E-state index contributed by atoms with van der Waals surface area (Å²) in [5, 5.41) is 3.41. The highest BCUT2D eigenvalue weighted by molar-refractivity contribution is 5.56. The molecule has 1 fully saturated rings. The van der Waals surface area contributed by atoms with Crippen LogP contribution in [0.4, 0.5) is 5.69 Å². The van der Waals surface area contributed by atoms with Crippen LogP contribution in [0.25, 0.3) is 0 Å². The first-order valence-corrected chi connectivity index (χ1v) is 6.37. The zero-order valence-corrected chi connectivity index (χ0v) is 10.6. The maximum Gasteiger partial charge on any atom is 0.142 e. The van der Waals surface area contributed by atoms with Gasteiger partial charge in [0.2, 0.25) is 0 Å². The molecule has 0 radical (unpaired) electrons. The molecule has 3 heteroatoms. The predicted octanol–water partition coefficient (Wildman–Crippen LogP) is 3.06. The largest absolute Gasteiger partial charge is 0.489 e. The highest BCUT2D eigenvalue weighted by atomic mass is 16.5. The van der Waals surface area contributed by atoms with Crippen LogP contribution in [0, 0.1) is 0 Å². The van der Waals surface area contributed by atoms with Gasteiger partial charge in [-0.05, 0) is 38.8 Å². The summed E-state index contributed by atoms with van der Waals surface area (Å²) < 4.78 is 11.3. The van der Waals surface area contributed by atoms with Crippen molar-refractivity contribution < 1.29 is 9.47 Å². The molecule has 1 aromatic carbocycles. The molecule has 1 N–H and O–H groups in total. The fourth-order valence-corrected chi connectivity index (χ4v) is 2.00. The monoisotopic (exact) mass is 235 g/mol. The van der Waals surface area contributed by atoms with Crippen molar-refractivity contribution in [3.05, 3.63) is 24.3 Å². The maximum absolute atomic E-state index is 5.76. The summed E-state index contributed by atoms with van der Waals surface area (Å²) in [4.78, 5) is 0. The van der Waals surface area contributed by atoms with E-state index in [1.165, 1.54) is 6.42 Å². The summed E-state index contributed by atoms with van der Waals surface area (Å²) in [6, 6.07) is 8.06. The molecule has 1 atom stereocenters. The lowest BCUT2D eigenvalue weighted by molar-refractivity contribution is 0.120. The lowest BCUT2D eigenvalue weighted by atomic mass is 10.2. The van der Waals surface area contributed by atoms with Gasteiger partial charge in [-0.25, -0.2) is 0 Å². The van der Waals surface area contributed by atoms with Crippen molar-refractivity contribution >= 4 is 5.69 Å². The molecule has 94 valence electrons. The number of hydrogen-bond acceptors (Lipinski definition) is 3. The van der Waals surface area contributed by atoms with E-state index in [4.69, 9.17) is 9.47 Å². The molecule has 0 saturated carbocycles. The number of benzene rings is 1. The topological polar surface area (TPSA) is 30.5 Å². The van der Waals surface area contributed by atoms with Crippen molar-refractivity contribution in [3.63, 3.8) is 0 Å². The molecule has 0 spiro atoms. The maximum atomic E-state index is 5.76. The SMILES string of the molecule is CC(C)Oc1ccccc1NCC1CCCO1. The van der Waals surface area contributed by atoms with Crippen LogP contribution >= 0.6 is 0 Å². The first kappa shape index (κ1) is 12.2. The minimum Gasteiger partial charge on any atom is -0.489 e. The second-order valence-corrected chi connectivity index (χ2v) is 4.68. The Bertz CT molecular complexity index is 346. The van der Waals surface area contributed by atoms with Crippen LogP contribution in [0.3, 0.4) is 0 Å².